The van der Waals surface area contributed by atoms with Crippen molar-refractivity contribution in [2.24, 2.45) is 5.73 Å². The Kier molecular flexibility index (Phi) is 3.80. The molecule has 0 saturated heterocycles. The predicted molar refractivity (Wildman–Crippen MR) is 79.6 cm³/mol. The largest absolute Gasteiger partial charge is 0.372 e. The Morgan fingerprint density at radius 3 is 2.58 bits per heavy atom. The third-order valence-electron chi connectivity index (χ3n) is 4.20. The van der Waals surface area contributed by atoms with Gasteiger partial charge < -0.3 is 15.5 Å². The van der Waals surface area contributed by atoms with E-state index in [0.717, 1.165) is 29.8 Å². The van der Waals surface area contributed by atoms with Crippen molar-refractivity contribution in [3.05, 3.63) is 23.8 Å². The first-order valence-corrected chi connectivity index (χ1v) is 6.91. The molecular formula is C15H23N3O. The summed E-state index contributed by atoms with van der Waals surface area (Å²) >= 11 is 0. The monoisotopic (exact) mass is 261 g/mol. The van der Waals surface area contributed by atoms with Crippen molar-refractivity contribution in [2.45, 2.75) is 38.8 Å². The summed E-state index contributed by atoms with van der Waals surface area (Å²) in [5.41, 5.74) is 8.92. The van der Waals surface area contributed by atoms with Crippen molar-refractivity contribution in [2.75, 3.05) is 23.9 Å². The van der Waals surface area contributed by atoms with Gasteiger partial charge in [0.25, 0.3) is 0 Å². The van der Waals surface area contributed by atoms with Gasteiger partial charge in [-0.05, 0) is 25.0 Å². The second kappa shape index (κ2) is 5.21. The minimum absolute atomic E-state index is 0.0302. The first kappa shape index (κ1) is 13.9. The highest BCUT2D eigenvalue weighted by atomic mass is 16.2. The Labute approximate surface area is 115 Å². The highest BCUT2D eigenvalue weighted by molar-refractivity contribution is 6.04. The summed E-state index contributed by atoms with van der Waals surface area (Å²) in [6.45, 7) is 4.40. The predicted octanol–water partition coefficient (Wildman–Crippen LogP) is 2.29. The molecule has 1 aromatic rings. The van der Waals surface area contributed by atoms with Crippen molar-refractivity contribution < 1.29 is 4.79 Å². The maximum atomic E-state index is 11.9. The topological polar surface area (TPSA) is 49.6 Å². The van der Waals surface area contributed by atoms with E-state index < -0.39 is 6.04 Å². The van der Waals surface area contributed by atoms with Gasteiger partial charge in [0.2, 0.25) is 5.91 Å². The molecule has 0 aromatic heterocycles. The molecule has 4 nitrogen and oxygen atoms in total. The van der Waals surface area contributed by atoms with Crippen LogP contribution in [-0.2, 0) is 4.79 Å². The molecule has 1 unspecified atom stereocenters. The normalized spacial score (nSPS) is 18.1. The van der Waals surface area contributed by atoms with Crippen LogP contribution in [0.3, 0.4) is 0 Å². The van der Waals surface area contributed by atoms with E-state index in [0.29, 0.717) is 6.04 Å². The van der Waals surface area contributed by atoms with Gasteiger partial charge in [-0.1, -0.05) is 19.9 Å². The first-order chi connectivity index (χ1) is 9.01. The number of likely N-dealkylation sites (N-methyl/N-ethyl adjacent to an activating group) is 1. The van der Waals surface area contributed by atoms with Gasteiger partial charge in [0.1, 0.15) is 6.04 Å². The van der Waals surface area contributed by atoms with E-state index in [4.69, 9.17) is 5.73 Å². The van der Waals surface area contributed by atoms with Crippen molar-refractivity contribution in [1.29, 1.82) is 0 Å². The smallest absolute Gasteiger partial charge is 0.248 e. The SMILES string of the molecule is CCC(CC)N(C)c1ccc2c(c1)N(C)C(=O)C2N. The first-order valence-electron chi connectivity index (χ1n) is 6.91. The van der Waals surface area contributed by atoms with Crippen LogP contribution in [0.5, 0.6) is 0 Å². The van der Waals surface area contributed by atoms with Crippen LogP contribution in [0.15, 0.2) is 18.2 Å². The van der Waals surface area contributed by atoms with E-state index in [1.54, 1.807) is 11.9 Å². The van der Waals surface area contributed by atoms with Crippen LogP contribution in [-0.4, -0.2) is 26.0 Å². The second-order valence-corrected chi connectivity index (χ2v) is 5.20. The van der Waals surface area contributed by atoms with Crippen molar-refractivity contribution in [3.63, 3.8) is 0 Å². The maximum Gasteiger partial charge on any atom is 0.248 e. The van der Waals surface area contributed by atoms with Gasteiger partial charge >= 0.3 is 0 Å². The fourth-order valence-corrected chi connectivity index (χ4v) is 2.81. The van der Waals surface area contributed by atoms with Crippen LogP contribution in [0.2, 0.25) is 0 Å². The lowest BCUT2D eigenvalue weighted by Gasteiger charge is -2.29. The summed E-state index contributed by atoms with van der Waals surface area (Å²) in [7, 11) is 3.89. The standard InChI is InChI=1S/C15H23N3O/c1-5-10(6-2)17(3)11-7-8-12-13(9-11)18(4)15(19)14(12)16/h7-10,14H,5-6,16H2,1-4H3. The highest BCUT2D eigenvalue weighted by Gasteiger charge is 2.32. The maximum absolute atomic E-state index is 11.9. The number of carbonyl (C=O) groups excluding carboxylic acids is 1. The summed E-state index contributed by atoms with van der Waals surface area (Å²) in [4.78, 5) is 15.8. The number of anilines is 2. The van der Waals surface area contributed by atoms with Gasteiger partial charge in [0.15, 0.2) is 0 Å². The van der Waals surface area contributed by atoms with Crippen LogP contribution >= 0.6 is 0 Å². The van der Waals surface area contributed by atoms with E-state index in [1.165, 1.54) is 0 Å². The number of fused-ring (bicyclic) bond motifs is 1. The number of hydrogen-bond acceptors (Lipinski definition) is 3. The summed E-state index contributed by atoms with van der Waals surface area (Å²) in [6.07, 6.45) is 2.22. The summed E-state index contributed by atoms with van der Waals surface area (Å²) in [6, 6.07) is 6.12. The average molecular weight is 261 g/mol. The molecular weight excluding hydrogens is 238 g/mol. The molecule has 2 rings (SSSR count). The molecule has 19 heavy (non-hydrogen) atoms. The molecule has 2 N–H and O–H groups in total. The fraction of sp³-hybridized carbons (Fsp3) is 0.533. The minimum atomic E-state index is -0.507. The molecule has 1 aromatic carbocycles. The third kappa shape index (κ3) is 2.21. The molecule has 0 radical (unpaired) electrons. The van der Waals surface area contributed by atoms with Gasteiger partial charge in [0.05, 0.1) is 5.69 Å². The number of amides is 1. The Balaban J connectivity index is 2.35. The minimum Gasteiger partial charge on any atom is -0.372 e. The van der Waals surface area contributed by atoms with Crippen LogP contribution < -0.4 is 15.5 Å². The Hall–Kier alpha value is -1.55. The third-order valence-corrected chi connectivity index (χ3v) is 4.20. The number of rotatable bonds is 4. The van der Waals surface area contributed by atoms with Gasteiger partial charge in [0, 0.05) is 31.4 Å². The van der Waals surface area contributed by atoms with Crippen LogP contribution in [0.25, 0.3) is 0 Å². The molecule has 0 aliphatic carbocycles. The molecule has 1 aliphatic heterocycles. The molecule has 0 saturated carbocycles. The van der Waals surface area contributed by atoms with Gasteiger partial charge in [-0.25, -0.2) is 0 Å². The number of nitrogens with zero attached hydrogens (tertiary/aromatic N) is 2. The van der Waals surface area contributed by atoms with Gasteiger partial charge in [-0.2, -0.15) is 0 Å². The van der Waals surface area contributed by atoms with Crippen LogP contribution in [0.1, 0.15) is 38.3 Å². The summed E-state index contributed by atoms with van der Waals surface area (Å²) < 4.78 is 0. The number of benzene rings is 1. The van der Waals surface area contributed by atoms with Crippen LogP contribution in [0.4, 0.5) is 11.4 Å². The quantitative estimate of drug-likeness (QED) is 0.904. The molecule has 1 amide bonds. The van der Waals surface area contributed by atoms with E-state index in [1.807, 2.05) is 6.07 Å². The highest BCUT2D eigenvalue weighted by Crippen LogP contribution is 2.36. The summed E-state index contributed by atoms with van der Waals surface area (Å²) in [5, 5.41) is 0. The molecule has 4 heteroatoms. The zero-order valence-electron chi connectivity index (χ0n) is 12.2. The molecule has 104 valence electrons. The van der Waals surface area contributed by atoms with E-state index >= 15 is 0 Å². The molecule has 0 bridgehead atoms. The lowest BCUT2D eigenvalue weighted by Crippen LogP contribution is -2.30. The fourth-order valence-electron chi connectivity index (χ4n) is 2.81. The molecule has 0 spiro atoms. The summed E-state index contributed by atoms with van der Waals surface area (Å²) in [5.74, 6) is -0.0302. The van der Waals surface area contributed by atoms with E-state index in [-0.39, 0.29) is 5.91 Å². The Morgan fingerprint density at radius 2 is 2.00 bits per heavy atom. The van der Waals surface area contributed by atoms with Crippen LogP contribution in [0, 0.1) is 0 Å². The second-order valence-electron chi connectivity index (χ2n) is 5.20. The number of hydrogen-bond donors (Lipinski definition) is 1. The Bertz CT molecular complexity index is 482. The number of nitrogens with two attached hydrogens (primary N) is 1. The molecule has 1 heterocycles. The number of carbonyl (C=O) groups is 1. The zero-order valence-corrected chi connectivity index (χ0v) is 12.2. The van der Waals surface area contributed by atoms with Gasteiger partial charge in [-0.15, -0.1) is 0 Å². The van der Waals surface area contributed by atoms with E-state index in [2.05, 4.69) is 37.9 Å². The van der Waals surface area contributed by atoms with E-state index in [9.17, 15) is 4.79 Å². The van der Waals surface area contributed by atoms with Gasteiger partial charge in [-0.3, -0.25) is 4.79 Å². The Morgan fingerprint density at radius 1 is 1.37 bits per heavy atom. The average Bonchev–Trinajstić information content (AvgIpc) is 2.65. The molecule has 1 aliphatic rings. The zero-order chi connectivity index (χ0) is 14.2. The van der Waals surface area contributed by atoms with Crippen molar-refractivity contribution in [3.8, 4) is 0 Å². The van der Waals surface area contributed by atoms with Crippen molar-refractivity contribution in [1.82, 2.24) is 0 Å². The lowest BCUT2D eigenvalue weighted by molar-refractivity contribution is -0.118. The molecule has 1 atom stereocenters. The molecule has 0 fully saturated rings. The van der Waals surface area contributed by atoms with Crippen molar-refractivity contribution >= 4 is 17.3 Å². The lowest BCUT2D eigenvalue weighted by atomic mass is 10.1.